The van der Waals surface area contributed by atoms with E-state index >= 15 is 0 Å². The van der Waals surface area contributed by atoms with Crippen LogP contribution in [0.3, 0.4) is 0 Å². The third kappa shape index (κ3) is 2.90. The molecule has 0 fully saturated rings. The van der Waals surface area contributed by atoms with Gasteiger partial charge in [-0.25, -0.2) is 0 Å². The number of carbonyl (C=O) groups is 1. The Balaban J connectivity index is 2.19. The molecule has 0 saturated heterocycles. The van der Waals surface area contributed by atoms with Crippen molar-refractivity contribution < 1.29 is 4.79 Å². The molecule has 0 aliphatic heterocycles. The zero-order valence-corrected chi connectivity index (χ0v) is 10.9. The Bertz CT molecular complexity index is 576. The first-order chi connectivity index (χ1) is 8.56. The maximum atomic E-state index is 12.1. The van der Waals surface area contributed by atoms with Gasteiger partial charge in [-0.1, -0.05) is 41.4 Å². The van der Waals surface area contributed by atoms with Crippen molar-refractivity contribution in [2.45, 2.75) is 13.3 Å². The molecular weight excluding hydrogens is 246 g/mol. The third-order valence-corrected chi connectivity index (χ3v) is 3.09. The average Bonchev–Trinajstić information content (AvgIpc) is 2.32. The van der Waals surface area contributed by atoms with Crippen molar-refractivity contribution >= 4 is 23.1 Å². The maximum absolute atomic E-state index is 12.1. The van der Waals surface area contributed by atoms with Crippen LogP contribution in [0.5, 0.6) is 0 Å². The van der Waals surface area contributed by atoms with E-state index in [0.29, 0.717) is 22.7 Å². The number of nitrogen functional groups attached to an aromatic ring is 1. The fourth-order valence-corrected chi connectivity index (χ4v) is 2.04. The van der Waals surface area contributed by atoms with Crippen LogP contribution in [0.25, 0.3) is 0 Å². The minimum absolute atomic E-state index is 0.00357. The van der Waals surface area contributed by atoms with E-state index in [1.165, 1.54) is 5.56 Å². The lowest BCUT2D eigenvalue weighted by atomic mass is 10.0. The first kappa shape index (κ1) is 12.7. The van der Waals surface area contributed by atoms with Crippen molar-refractivity contribution in [2.75, 3.05) is 5.73 Å². The fourth-order valence-electron chi connectivity index (χ4n) is 1.74. The monoisotopic (exact) mass is 259 g/mol. The van der Waals surface area contributed by atoms with Gasteiger partial charge in [0.15, 0.2) is 5.78 Å². The number of benzene rings is 2. The molecule has 0 aromatic heterocycles. The lowest BCUT2D eigenvalue weighted by Gasteiger charge is -2.05. The average molecular weight is 260 g/mol. The van der Waals surface area contributed by atoms with E-state index in [0.717, 1.165) is 5.56 Å². The highest BCUT2D eigenvalue weighted by Crippen LogP contribution is 2.21. The molecule has 92 valence electrons. The summed E-state index contributed by atoms with van der Waals surface area (Å²) in [5.41, 5.74) is 8.85. The van der Waals surface area contributed by atoms with Crippen molar-refractivity contribution in [3.63, 3.8) is 0 Å². The van der Waals surface area contributed by atoms with Crippen molar-refractivity contribution in [2.24, 2.45) is 0 Å². The van der Waals surface area contributed by atoms with Crippen LogP contribution < -0.4 is 5.73 Å². The van der Waals surface area contributed by atoms with Crippen LogP contribution in [0.15, 0.2) is 42.5 Å². The first-order valence-corrected chi connectivity index (χ1v) is 6.08. The molecule has 2 aromatic rings. The van der Waals surface area contributed by atoms with Gasteiger partial charge >= 0.3 is 0 Å². The van der Waals surface area contributed by atoms with E-state index in [1.54, 1.807) is 18.2 Å². The second-order valence-corrected chi connectivity index (χ2v) is 4.73. The molecule has 18 heavy (non-hydrogen) atoms. The van der Waals surface area contributed by atoms with Gasteiger partial charge in [0.2, 0.25) is 0 Å². The SMILES string of the molecule is Cc1ccc(CC(=O)c2ccc(N)cc2Cl)cc1. The second kappa shape index (κ2) is 5.23. The Morgan fingerprint density at radius 3 is 2.44 bits per heavy atom. The minimum Gasteiger partial charge on any atom is -0.399 e. The molecule has 0 spiro atoms. The number of nitrogens with two attached hydrogens (primary N) is 1. The van der Waals surface area contributed by atoms with E-state index < -0.39 is 0 Å². The molecule has 3 heteroatoms. The summed E-state index contributed by atoms with van der Waals surface area (Å²) in [6.07, 6.45) is 0.351. The Labute approximate surface area is 111 Å². The Hall–Kier alpha value is -1.80. The van der Waals surface area contributed by atoms with Crippen LogP contribution in [0, 0.1) is 6.92 Å². The van der Waals surface area contributed by atoms with Gasteiger partial charge in [-0.3, -0.25) is 4.79 Å². The summed E-state index contributed by atoms with van der Waals surface area (Å²) in [5.74, 6) is 0.00357. The predicted octanol–water partition coefficient (Wildman–Crippen LogP) is 3.66. The van der Waals surface area contributed by atoms with Crippen molar-refractivity contribution in [3.05, 3.63) is 64.2 Å². The molecular formula is C15H14ClNO. The highest BCUT2D eigenvalue weighted by Gasteiger charge is 2.11. The molecule has 0 aliphatic carbocycles. The number of ketones is 1. The van der Waals surface area contributed by atoms with Gasteiger partial charge in [0, 0.05) is 17.7 Å². The van der Waals surface area contributed by atoms with Gasteiger partial charge < -0.3 is 5.73 Å². The Morgan fingerprint density at radius 2 is 1.83 bits per heavy atom. The van der Waals surface area contributed by atoms with Gasteiger partial charge in [-0.15, -0.1) is 0 Å². The number of rotatable bonds is 3. The lowest BCUT2D eigenvalue weighted by molar-refractivity contribution is 0.0993. The second-order valence-electron chi connectivity index (χ2n) is 4.32. The molecule has 0 saturated carbocycles. The third-order valence-electron chi connectivity index (χ3n) is 2.78. The van der Waals surface area contributed by atoms with E-state index in [4.69, 9.17) is 17.3 Å². The highest BCUT2D eigenvalue weighted by atomic mass is 35.5. The lowest BCUT2D eigenvalue weighted by Crippen LogP contribution is -2.04. The highest BCUT2D eigenvalue weighted by molar-refractivity contribution is 6.34. The number of Topliss-reactive ketones (excluding diaryl/α,β-unsaturated/α-hetero) is 1. The van der Waals surface area contributed by atoms with Crippen molar-refractivity contribution in [1.82, 2.24) is 0 Å². The zero-order chi connectivity index (χ0) is 13.1. The molecule has 2 aromatic carbocycles. The number of hydrogen-bond donors (Lipinski definition) is 1. The molecule has 0 atom stereocenters. The van der Waals surface area contributed by atoms with Gasteiger partial charge in [-0.05, 0) is 30.7 Å². The van der Waals surface area contributed by atoms with Crippen LogP contribution in [0.4, 0.5) is 5.69 Å². The van der Waals surface area contributed by atoms with E-state index in [-0.39, 0.29) is 5.78 Å². The standard InChI is InChI=1S/C15H14ClNO/c1-10-2-4-11(5-3-10)8-15(18)13-7-6-12(17)9-14(13)16/h2-7,9H,8,17H2,1H3. The summed E-state index contributed by atoms with van der Waals surface area (Å²) < 4.78 is 0. The van der Waals surface area contributed by atoms with Crippen LogP contribution in [0.2, 0.25) is 5.02 Å². The zero-order valence-electron chi connectivity index (χ0n) is 10.1. The summed E-state index contributed by atoms with van der Waals surface area (Å²) in [4.78, 5) is 12.1. The van der Waals surface area contributed by atoms with Crippen molar-refractivity contribution in [3.8, 4) is 0 Å². The Morgan fingerprint density at radius 1 is 1.17 bits per heavy atom. The summed E-state index contributed by atoms with van der Waals surface area (Å²) in [6, 6.07) is 12.9. The van der Waals surface area contributed by atoms with Crippen LogP contribution in [-0.2, 0) is 6.42 Å². The van der Waals surface area contributed by atoms with Crippen LogP contribution in [-0.4, -0.2) is 5.78 Å². The Kier molecular flexibility index (Phi) is 3.68. The van der Waals surface area contributed by atoms with Crippen LogP contribution >= 0.6 is 11.6 Å². The molecule has 2 nitrogen and oxygen atoms in total. The minimum atomic E-state index is 0.00357. The van der Waals surface area contributed by atoms with Crippen molar-refractivity contribution in [1.29, 1.82) is 0 Å². The molecule has 0 aliphatic rings. The number of aryl methyl sites for hydroxylation is 1. The van der Waals surface area contributed by atoms with E-state index in [2.05, 4.69) is 0 Å². The molecule has 0 amide bonds. The first-order valence-electron chi connectivity index (χ1n) is 5.70. The number of carbonyl (C=O) groups excluding carboxylic acids is 1. The molecule has 0 radical (unpaired) electrons. The topological polar surface area (TPSA) is 43.1 Å². The summed E-state index contributed by atoms with van der Waals surface area (Å²) in [6.45, 7) is 2.02. The summed E-state index contributed by atoms with van der Waals surface area (Å²) >= 11 is 6.02. The maximum Gasteiger partial charge on any atom is 0.168 e. The quantitative estimate of drug-likeness (QED) is 0.675. The normalized spacial score (nSPS) is 10.3. The summed E-state index contributed by atoms with van der Waals surface area (Å²) in [5, 5.41) is 0.409. The molecule has 0 heterocycles. The van der Waals surface area contributed by atoms with E-state index in [1.807, 2.05) is 31.2 Å². The molecule has 2 rings (SSSR count). The summed E-state index contributed by atoms with van der Waals surface area (Å²) in [7, 11) is 0. The molecule has 0 bridgehead atoms. The van der Waals surface area contributed by atoms with Gasteiger partial charge in [0.1, 0.15) is 0 Å². The van der Waals surface area contributed by atoms with Crippen LogP contribution in [0.1, 0.15) is 21.5 Å². The fraction of sp³-hybridized carbons (Fsp3) is 0.133. The number of halogens is 1. The number of anilines is 1. The molecule has 0 unspecified atom stereocenters. The van der Waals surface area contributed by atoms with Gasteiger partial charge in [-0.2, -0.15) is 0 Å². The largest absolute Gasteiger partial charge is 0.399 e. The van der Waals surface area contributed by atoms with E-state index in [9.17, 15) is 4.79 Å². The van der Waals surface area contributed by atoms with Gasteiger partial charge in [0.05, 0.1) is 5.02 Å². The molecule has 2 N–H and O–H groups in total. The predicted molar refractivity (Wildman–Crippen MR) is 75.1 cm³/mol. The number of hydrogen-bond acceptors (Lipinski definition) is 2. The van der Waals surface area contributed by atoms with Gasteiger partial charge in [0.25, 0.3) is 0 Å². The smallest absolute Gasteiger partial charge is 0.168 e.